The van der Waals surface area contributed by atoms with Crippen molar-refractivity contribution in [1.29, 1.82) is 0 Å². The first-order chi connectivity index (χ1) is 9.36. The van der Waals surface area contributed by atoms with Crippen LogP contribution in [0.2, 0.25) is 0 Å². The summed E-state index contributed by atoms with van der Waals surface area (Å²) in [6.45, 7) is 1.74. The van der Waals surface area contributed by atoms with E-state index in [1.54, 1.807) is 6.92 Å². The lowest BCUT2D eigenvalue weighted by Crippen LogP contribution is -2.36. The quantitative estimate of drug-likeness (QED) is 0.556. The molecular weight excluding hydrogens is 282 g/mol. The number of amides is 3. The fourth-order valence-corrected chi connectivity index (χ4v) is 2.97. The van der Waals surface area contributed by atoms with Gasteiger partial charge in [0.15, 0.2) is 0 Å². The van der Waals surface area contributed by atoms with Crippen LogP contribution in [0.5, 0.6) is 0 Å². The number of carbonyl (C=O) groups is 4. The zero-order valence-corrected chi connectivity index (χ0v) is 12.1. The van der Waals surface area contributed by atoms with Crippen molar-refractivity contribution in [3.8, 4) is 0 Å². The summed E-state index contributed by atoms with van der Waals surface area (Å²) in [6, 6.07) is -0.618. The van der Waals surface area contributed by atoms with E-state index in [2.05, 4.69) is 0 Å². The number of hydrogen-bond donors (Lipinski definition) is 2. The maximum atomic E-state index is 12.0. The summed E-state index contributed by atoms with van der Waals surface area (Å²) in [4.78, 5) is 46.8. The smallest absolute Gasteiger partial charge is 0.242 e. The first kappa shape index (κ1) is 16.6. The summed E-state index contributed by atoms with van der Waals surface area (Å²) in [6.07, 6.45) is 0.391. The number of rotatable bonds is 8. The van der Waals surface area contributed by atoms with Crippen LogP contribution < -0.4 is 11.5 Å². The van der Waals surface area contributed by atoms with Crippen molar-refractivity contribution < 1.29 is 19.2 Å². The Kier molecular flexibility index (Phi) is 6.15. The zero-order valence-electron chi connectivity index (χ0n) is 11.3. The fraction of sp³-hybridized carbons (Fsp3) is 0.667. The van der Waals surface area contributed by atoms with Crippen LogP contribution in [0.3, 0.4) is 0 Å². The first-order valence-electron chi connectivity index (χ1n) is 6.39. The van der Waals surface area contributed by atoms with Gasteiger partial charge in [-0.25, -0.2) is 0 Å². The highest BCUT2D eigenvalue weighted by Crippen LogP contribution is 2.25. The minimum atomic E-state index is -0.618. The van der Waals surface area contributed by atoms with E-state index in [-0.39, 0.29) is 37.0 Å². The van der Waals surface area contributed by atoms with Crippen LogP contribution in [0.1, 0.15) is 26.2 Å². The van der Waals surface area contributed by atoms with E-state index in [0.717, 1.165) is 4.90 Å². The van der Waals surface area contributed by atoms with Crippen LogP contribution in [0, 0.1) is 0 Å². The van der Waals surface area contributed by atoms with E-state index in [9.17, 15) is 19.2 Å². The summed E-state index contributed by atoms with van der Waals surface area (Å²) < 4.78 is 0. The van der Waals surface area contributed by atoms with E-state index < -0.39 is 17.2 Å². The second-order valence-corrected chi connectivity index (χ2v) is 5.79. The van der Waals surface area contributed by atoms with Crippen molar-refractivity contribution in [2.24, 2.45) is 11.5 Å². The Labute approximate surface area is 121 Å². The molecule has 0 aromatic heterocycles. The molecular formula is C12H19N3O4S. The van der Waals surface area contributed by atoms with Gasteiger partial charge in [-0.15, -0.1) is 11.8 Å². The molecule has 1 aliphatic rings. The van der Waals surface area contributed by atoms with E-state index in [4.69, 9.17) is 11.5 Å². The maximum absolute atomic E-state index is 12.0. The average molecular weight is 301 g/mol. The van der Waals surface area contributed by atoms with Gasteiger partial charge in [0, 0.05) is 31.6 Å². The number of ketones is 1. The highest BCUT2D eigenvalue weighted by molar-refractivity contribution is 8.00. The second-order valence-electron chi connectivity index (χ2n) is 4.55. The molecule has 0 aliphatic carbocycles. The molecule has 3 amide bonds. The highest BCUT2D eigenvalue weighted by atomic mass is 32.2. The summed E-state index contributed by atoms with van der Waals surface area (Å²) in [5.74, 6) is -0.973. The van der Waals surface area contributed by atoms with Crippen LogP contribution in [-0.4, -0.2) is 52.0 Å². The Morgan fingerprint density at radius 2 is 2.10 bits per heavy atom. The summed E-state index contributed by atoms with van der Waals surface area (Å²) in [5.41, 5.74) is 10.7. The lowest BCUT2D eigenvalue weighted by atomic mass is 10.2. The normalized spacial score (nSPS) is 20.3. The molecule has 2 unspecified atom stereocenters. The number of Topliss-reactive ketones (excluding diaryl/α,β-unsaturated/α-hetero) is 1. The topological polar surface area (TPSA) is 124 Å². The Bertz CT molecular complexity index is 427. The molecule has 0 radical (unpaired) electrons. The fourth-order valence-electron chi connectivity index (χ4n) is 1.81. The zero-order chi connectivity index (χ0) is 15.3. The van der Waals surface area contributed by atoms with Gasteiger partial charge in [0.1, 0.15) is 5.78 Å². The Morgan fingerprint density at radius 3 is 2.65 bits per heavy atom. The highest BCUT2D eigenvalue weighted by Gasteiger charge is 2.38. The monoisotopic (exact) mass is 301 g/mol. The van der Waals surface area contributed by atoms with Crippen molar-refractivity contribution >= 4 is 35.3 Å². The van der Waals surface area contributed by atoms with Crippen molar-refractivity contribution in [1.82, 2.24) is 4.90 Å². The molecule has 1 fully saturated rings. The van der Waals surface area contributed by atoms with Crippen molar-refractivity contribution in [2.75, 3.05) is 12.3 Å². The Hall–Kier alpha value is -1.41. The molecule has 2 atom stereocenters. The number of primary amides is 1. The first-order valence-corrected chi connectivity index (χ1v) is 7.44. The van der Waals surface area contributed by atoms with Crippen LogP contribution in [0.15, 0.2) is 0 Å². The van der Waals surface area contributed by atoms with Crippen LogP contribution in [-0.2, 0) is 19.2 Å². The maximum Gasteiger partial charge on any atom is 0.242 e. The standard InChI is InChI=1S/C12H19N3O4S/c1-2-8(16)7(13)6-20-9-5-11(18)15(12(9)19)4-3-10(14)17/h7,9H,2-6,13H2,1H3,(H2,14,17). The molecule has 7 nitrogen and oxygen atoms in total. The lowest BCUT2D eigenvalue weighted by Gasteiger charge is -2.14. The molecule has 20 heavy (non-hydrogen) atoms. The molecule has 0 bridgehead atoms. The molecule has 1 saturated heterocycles. The predicted molar refractivity (Wildman–Crippen MR) is 74.7 cm³/mol. The number of nitrogens with zero attached hydrogens (tertiary/aromatic N) is 1. The molecule has 4 N–H and O–H groups in total. The van der Waals surface area contributed by atoms with Crippen molar-refractivity contribution in [3.63, 3.8) is 0 Å². The summed E-state index contributed by atoms with van der Waals surface area (Å²) in [5, 5.41) is -0.522. The number of carbonyl (C=O) groups excluding carboxylic acids is 4. The van der Waals surface area contributed by atoms with E-state index in [1.807, 2.05) is 0 Å². The van der Waals surface area contributed by atoms with Crippen LogP contribution >= 0.6 is 11.8 Å². The van der Waals surface area contributed by atoms with Crippen LogP contribution in [0.25, 0.3) is 0 Å². The van der Waals surface area contributed by atoms with Gasteiger partial charge in [0.25, 0.3) is 0 Å². The van der Waals surface area contributed by atoms with Crippen molar-refractivity contribution in [2.45, 2.75) is 37.5 Å². The number of thioether (sulfide) groups is 1. The van der Waals surface area contributed by atoms with E-state index >= 15 is 0 Å². The summed E-state index contributed by atoms with van der Waals surface area (Å²) in [7, 11) is 0. The van der Waals surface area contributed by atoms with Gasteiger partial charge in [-0.2, -0.15) is 0 Å². The van der Waals surface area contributed by atoms with Gasteiger partial charge in [-0.3, -0.25) is 24.1 Å². The molecule has 0 saturated carbocycles. The second kappa shape index (κ2) is 7.39. The third-order valence-electron chi connectivity index (χ3n) is 3.02. The third-order valence-corrected chi connectivity index (χ3v) is 4.35. The van der Waals surface area contributed by atoms with Crippen LogP contribution in [0.4, 0.5) is 0 Å². The van der Waals surface area contributed by atoms with Gasteiger partial charge < -0.3 is 11.5 Å². The number of nitrogens with two attached hydrogens (primary N) is 2. The van der Waals surface area contributed by atoms with Gasteiger partial charge >= 0.3 is 0 Å². The predicted octanol–water partition coefficient (Wildman–Crippen LogP) is -0.971. The number of imide groups is 1. The van der Waals surface area contributed by atoms with Gasteiger partial charge in [0.2, 0.25) is 17.7 Å². The number of hydrogen-bond acceptors (Lipinski definition) is 6. The minimum absolute atomic E-state index is 0.0179. The molecule has 1 heterocycles. The summed E-state index contributed by atoms with van der Waals surface area (Å²) >= 11 is 1.21. The molecule has 0 spiro atoms. The third kappa shape index (κ3) is 4.31. The van der Waals surface area contributed by atoms with Gasteiger partial charge in [0.05, 0.1) is 11.3 Å². The average Bonchev–Trinajstić information content (AvgIpc) is 2.67. The Morgan fingerprint density at radius 1 is 1.45 bits per heavy atom. The molecule has 8 heteroatoms. The Balaban J connectivity index is 2.49. The van der Waals surface area contributed by atoms with E-state index in [0.29, 0.717) is 12.2 Å². The molecule has 112 valence electrons. The van der Waals surface area contributed by atoms with Gasteiger partial charge in [-0.05, 0) is 0 Å². The largest absolute Gasteiger partial charge is 0.370 e. The van der Waals surface area contributed by atoms with Crippen molar-refractivity contribution in [3.05, 3.63) is 0 Å². The SMILES string of the molecule is CCC(=O)C(N)CSC1CC(=O)N(CCC(N)=O)C1=O. The molecule has 0 aromatic rings. The molecule has 1 aliphatic heterocycles. The minimum Gasteiger partial charge on any atom is -0.370 e. The lowest BCUT2D eigenvalue weighted by molar-refractivity contribution is -0.138. The van der Waals surface area contributed by atoms with E-state index in [1.165, 1.54) is 11.8 Å². The van der Waals surface area contributed by atoms with Gasteiger partial charge in [-0.1, -0.05) is 6.92 Å². The molecule has 0 aromatic carbocycles. The number of likely N-dealkylation sites (tertiary alicyclic amines) is 1. The molecule has 1 rings (SSSR count).